The molecule has 0 aliphatic heterocycles. The Morgan fingerprint density at radius 3 is 2.56 bits per heavy atom. The SMILES string of the molecule is COc1cc(CP(=O)(Cl)Cl)ccc1[N+](=O)[O-]. The molecule has 0 aliphatic rings. The van der Waals surface area contributed by atoms with E-state index in [0.717, 1.165) is 0 Å². The summed E-state index contributed by atoms with van der Waals surface area (Å²) in [7, 11) is 1.31. The third-order valence-electron chi connectivity index (χ3n) is 1.81. The number of hydrogen-bond acceptors (Lipinski definition) is 4. The molecule has 0 spiro atoms. The highest BCUT2D eigenvalue weighted by Gasteiger charge is 2.19. The molecule has 0 fully saturated rings. The van der Waals surface area contributed by atoms with Gasteiger partial charge in [0.25, 0.3) is 5.85 Å². The minimum atomic E-state index is -3.24. The van der Waals surface area contributed by atoms with Crippen molar-refractivity contribution in [1.82, 2.24) is 0 Å². The van der Waals surface area contributed by atoms with Crippen LogP contribution in [0.5, 0.6) is 5.75 Å². The van der Waals surface area contributed by atoms with E-state index in [0.29, 0.717) is 5.56 Å². The summed E-state index contributed by atoms with van der Waals surface area (Å²) in [5, 5.41) is 10.6. The summed E-state index contributed by atoms with van der Waals surface area (Å²) in [6, 6.07) is 4.10. The molecule has 1 rings (SSSR count). The van der Waals surface area contributed by atoms with Crippen LogP contribution in [0.1, 0.15) is 5.56 Å². The van der Waals surface area contributed by atoms with Crippen LogP contribution in [0, 0.1) is 10.1 Å². The molecule has 1 aromatic rings. The zero-order valence-electron chi connectivity index (χ0n) is 8.22. The van der Waals surface area contributed by atoms with E-state index in [1.54, 1.807) is 0 Å². The van der Waals surface area contributed by atoms with Crippen molar-refractivity contribution in [3.8, 4) is 5.75 Å². The van der Waals surface area contributed by atoms with Crippen LogP contribution in [0.25, 0.3) is 0 Å². The molecule has 0 aliphatic carbocycles. The van der Waals surface area contributed by atoms with Gasteiger partial charge in [-0.25, -0.2) is 0 Å². The van der Waals surface area contributed by atoms with E-state index in [4.69, 9.17) is 27.2 Å². The predicted octanol–water partition coefficient (Wildman–Crippen LogP) is 3.77. The molecular weight excluding hydrogens is 276 g/mol. The van der Waals surface area contributed by atoms with Crippen LogP contribution in [0.2, 0.25) is 0 Å². The predicted molar refractivity (Wildman–Crippen MR) is 62.7 cm³/mol. The number of halogens is 2. The van der Waals surface area contributed by atoms with Crippen molar-refractivity contribution < 1.29 is 14.2 Å². The lowest BCUT2D eigenvalue weighted by molar-refractivity contribution is -0.385. The summed E-state index contributed by atoms with van der Waals surface area (Å²) in [5.41, 5.74) is 0.362. The van der Waals surface area contributed by atoms with Gasteiger partial charge in [-0.05, 0) is 34.1 Å². The normalized spacial score (nSPS) is 11.2. The van der Waals surface area contributed by atoms with Gasteiger partial charge in [0.2, 0.25) is 0 Å². The molecule has 0 atom stereocenters. The van der Waals surface area contributed by atoms with Gasteiger partial charge in [0.15, 0.2) is 5.75 Å². The van der Waals surface area contributed by atoms with Crippen LogP contribution >= 0.6 is 28.3 Å². The first-order valence-electron chi connectivity index (χ1n) is 4.13. The number of nitro groups is 1. The number of benzene rings is 1. The number of hydrogen-bond donors (Lipinski definition) is 0. The molecule has 1 aromatic carbocycles. The lowest BCUT2D eigenvalue weighted by Gasteiger charge is -2.05. The maximum Gasteiger partial charge on any atom is 0.310 e. The summed E-state index contributed by atoms with van der Waals surface area (Å²) in [5.74, 6) is -3.15. The molecule has 0 heterocycles. The number of rotatable bonds is 4. The van der Waals surface area contributed by atoms with Crippen LogP contribution in [-0.4, -0.2) is 12.0 Å². The topological polar surface area (TPSA) is 69.4 Å². The average Bonchev–Trinajstić information content (AvgIpc) is 2.14. The molecule has 0 bridgehead atoms. The van der Waals surface area contributed by atoms with E-state index in [9.17, 15) is 14.7 Å². The zero-order valence-corrected chi connectivity index (χ0v) is 10.6. The second-order valence-electron chi connectivity index (χ2n) is 2.99. The Balaban J connectivity index is 3.09. The monoisotopic (exact) mass is 283 g/mol. The zero-order chi connectivity index (χ0) is 12.3. The van der Waals surface area contributed by atoms with E-state index in [-0.39, 0.29) is 17.6 Å². The molecule has 8 heteroatoms. The van der Waals surface area contributed by atoms with Crippen molar-refractivity contribution in [2.24, 2.45) is 0 Å². The molecule has 0 radical (unpaired) electrons. The molecule has 5 nitrogen and oxygen atoms in total. The maximum absolute atomic E-state index is 11.2. The first-order valence-corrected chi connectivity index (χ1v) is 7.83. The molecule has 0 unspecified atom stereocenters. The molecule has 0 saturated heterocycles. The van der Waals surface area contributed by atoms with E-state index in [1.165, 1.54) is 25.3 Å². The van der Waals surface area contributed by atoms with E-state index in [2.05, 4.69) is 0 Å². The van der Waals surface area contributed by atoms with Gasteiger partial charge < -0.3 is 4.74 Å². The summed E-state index contributed by atoms with van der Waals surface area (Å²) < 4.78 is 16.0. The number of nitro benzene ring substituents is 1. The van der Waals surface area contributed by atoms with Crippen molar-refractivity contribution in [3.05, 3.63) is 33.9 Å². The van der Waals surface area contributed by atoms with Crippen molar-refractivity contribution >= 4 is 34.0 Å². The highest BCUT2D eigenvalue weighted by Crippen LogP contribution is 2.59. The highest BCUT2D eigenvalue weighted by molar-refractivity contribution is 8.08. The fourth-order valence-corrected chi connectivity index (χ4v) is 2.63. The van der Waals surface area contributed by atoms with Gasteiger partial charge in [-0.2, -0.15) is 0 Å². The van der Waals surface area contributed by atoms with Gasteiger partial charge in [0, 0.05) is 6.07 Å². The minimum absolute atomic E-state index is 0.0511. The van der Waals surface area contributed by atoms with Crippen molar-refractivity contribution in [2.75, 3.05) is 7.11 Å². The summed E-state index contributed by atoms with van der Waals surface area (Å²) >= 11 is 10.8. The van der Waals surface area contributed by atoms with E-state index < -0.39 is 10.8 Å². The van der Waals surface area contributed by atoms with Crippen molar-refractivity contribution in [1.29, 1.82) is 0 Å². The first kappa shape index (κ1) is 13.3. The molecular formula is C8H8Cl2NO4P. The second-order valence-corrected chi connectivity index (χ2v) is 8.24. The summed E-state index contributed by atoms with van der Waals surface area (Å²) in [4.78, 5) is 10.0. The fourth-order valence-electron chi connectivity index (χ4n) is 1.18. The van der Waals surface area contributed by atoms with Crippen molar-refractivity contribution in [2.45, 2.75) is 6.16 Å². The van der Waals surface area contributed by atoms with Gasteiger partial charge in [-0.1, -0.05) is 6.07 Å². The summed E-state index contributed by atoms with van der Waals surface area (Å²) in [6.07, 6.45) is -0.0511. The molecule has 0 saturated carbocycles. The third kappa shape index (κ3) is 3.67. The second kappa shape index (κ2) is 5.04. The van der Waals surface area contributed by atoms with Gasteiger partial charge in [0.05, 0.1) is 18.2 Å². The van der Waals surface area contributed by atoms with Crippen LogP contribution in [-0.2, 0) is 10.7 Å². The van der Waals surface area contributed by atoms with Gasteiger partial charge >= 0.3 is 5.69 Å². The molecule has 88 valence electrons. The number of methoxy groups -OCH3 is 1. The molecule has 0 aromatic heterocycles. The van der Waals surface area contributed by atoms with Crippen LogP contribution in [0.3, 0.4) is 0 Å². The molecule has 0 amide bonds. The quantitative estimate of drug-likeness (QED) is 0.479. The number of ether oxygens (including phenoxy) is 1. The average molecular weight is 284 g/mol. The Kier molecular flexibility index (Phi) is 4.19. The van der Waals surface area contributed by atoms with Gasteiger partial charge in [-0.15, -0.1) is 0 Å². The third-order valence-corrected chi connectivity index (χ3v) is 3.26. The largest absolute Gasteiger partial charge is 0.490 e. The van der Waals surface area contributed by atoms with Crippen LogP contribution < -0.4 is 4.74 Å². The summed E-state index contributed by atoms with van der Waals surface area (Å²) in [6.45, 7) is 0. The lowest BCUT2D eigenvalue weighted by atomic mass is 10.2. The van der Waals surface area contributed by atoms with Crippen LogP contribution in [0.15, 0.2) is 18.2 Å². The standard InChI is InChI=1S/C8H8Cl2NO4P/c1-15-8-4-6(5-16(9,10)14)2-3-7(8)11(12)13/h2-4H,5H2,1H3. The first-order chi connectivity index (χ1) is 7.33. The molecule has 0 N–H and O–H groups in total. The Labute approximate surface area is 101 Å². The molecule has 16 heavy (non-hydrogen) atoms. The van der Waals surface area contributed by atoms with E-state index in [1.807, 2.05) is 0 Å². The van der Waals surface area contributed by atoms with Crippen molar-refractivity contribution in [3.63, 3.8) is 0 Å². The Bertz CT molecular complexity index is 459. The Morgan fingerprint density at radius 1 is 1.50 bits per heavy atom. The van der Waals surface area contributed by atoms with Crippen LogP contribution in [0.4, 0.5) is 5.69 Å². The Morgan fingerprint density at radius 2 is 2.12 bits per heavy atom. The Hall–Kier alpha value is -0.770. The highest BCUT2D eigenvalue weighted by atomic mass is 35.9. The minimum Gasteiger partial charge on any atom is -0.490 e. The fraction of sp³-hybridized carbons (Fsp3) is 0.250. The van der Waals surface area contributed by atoms with Gasteiger partial charge in [-0.3, -0.25) is 14.7 Å². The van der Waals surface area contributed by atoms with Gasteiger partial charge in [0.1, 0.15) is 0 Å². The van der Waals surface area contributed by atoms with E-state index >= 15 is 0 Å². The number of nitrogens with zero attached hydrogens (tertiary/aromatic N) is 1. The maximum atomic E-state index is 11.2. The smallest absolute Gasteiger partial charge is 0.310 e. The lowest BCUT2D eigenvalue weighted by Crippen LogP contribution is -1.94.